The van der Waals surface area contributed by atoms with Gasteiger partial charge in [0.2, 0.25) is 0 Å². The zero-order valence-electron chi connectivity index (χ0n) is 11.8. The van der Waals surface area contributed by atoms with E-state index in [1.54, 1.807) is 0 Å². The summed E-state index contributed by atoms with van der Waals surface area (Å²) in [5.74, 6) is 0.943. The van der Waals surface area contributed by atoms with E-state index in [0.29, 0.717) is 5.41 Å². The largest absolute Gasteiger partial charge is 0.315 e. The van der Waals surface area contributed by atoms with Gasteiger partial charge in [-0.3, -0.25) is 0 Å². The summed E-state index contributed by atoms with van der Waals surface area (Å²) in [5.41, 5.74) is 0.685. The van der Waals surface area contributed by atoms with Crippen LogP contribution in [0.25, 0.3) is 0 Å². The molecule has 1 N–H and O–H groups in total. The molecule has 1 atom stereocenters. The molecule has 0 bridgehead atoms. The van der Waals surface area contributed by atoms with Gasteiger partial charge >= 0.3 is 0 Å². The third-order valence-electron chi connectivity index (χ3n) is 4.52. The van der Waals surface area contributed by atoms with Gasteiger partial charge in [-0.05, 0) is 38.9 Å². The lowest BCUT2D eigenvalue weighted by Gasteiger charge is -2.39. The van der Waals surface area contributed by atoms with Crippen molar-refractivity contribution in [2.45, 2.75) is 26.7 Å². The Kier molecular flexibility index (Phi) is 4.45. The van der Waals surface area contributed by atoms with E-state index in [2.05, 4.69) is 22.2 Å². The Balaban J connectivity index is 0.000000514. The van der Waals surface area contributed by atoms with Crippen molar-refractivity contribution < 1.29 is 0 Å². The Morgan fingerprint density at radius 1 is 1.24 bits per heavy atom. The van der Waals surface area contributed by atoms with Crippen LogP contribution in [0.2, 0.25) is 0 Å². The molecule has 3 rings (SSSR count). The highest BCUT2D eigenvalue weighted by molar-refractivity contribution is 4.99. The van der Waals surface area contributed by atoms with Crippen LogP contribution in [0.3, 0.4) is 0 Å². The Hall–Kier alpha value is -0.120. The second-order valence-electron chi connectivity index (χ2n) is 6.01. The normalized spacial score (nSPS) is 32.3. The fourth-order valence-corrected chi connectivity index (χ4v) is 3.49. The fourth-order valence-electron chi connectivity index (χ4n) is 3.49. The van der Waals surface area contributed by atoms with Crippen LogP contribution >= 0.6 is 0 Å². The molecule has 1 spiro atoms. The van der Waals surface area contributed by atoms with E-state index in [-0.39, 0.29) is 0 Å². The molecular formula is C14H29N3. The molecule has 17 heavy (non-hydrogen) atoms. The monoisotopic (exact) mass is 239 g/mol. The standard InChI is InChI=1S/C12H23N3.C2H6/c1-14-4-2-11(6-14)7-15-5-3-12(10-15)8-13-9-12;1-2/h11,13H,2-10H2,1H3;1-2H3. The van der Waals surface area contributed by atoms with Gasteiger partial charge in [0.05, 0.1) is 0 Å². The van der Waals surface area contributed by atoms with Gasteiger partial charge in [-0.2, -0.15) is 0 Å². The molecule has 3 heterocycles. The van der Waals surface area contributed by atoms with Crippen LogP contribution in [0.4, 0.5) is 0 Å². The lowest BCUT2D eigenvalue weighted by molar-refractivity contribution is 0.161. The summed E-state index contributed by atoms with van der Waals surface area (Å²) in [6, 6.07) is 0. The van der Waals surface area contributed by atoms with Crippen molar-refractivity contribution in [3.63, 3.8) is 0 Å². The smallest absolute Gasteiger partial charge is 0.00918 e. The zero-order chi connectivity index (χ0) is 12.3. The first-order valence-electron chi connectivity index (χ1n) is 7.37. The van der Waals surface area contributed by atoms with Crippen molar-refractivity contribution in [1.29, 1.82) is 0 Å². The van der Waals surface area contributed by atoms with Crippen molar-refractivity contribution in [3.05, 3.63) is 0 Å². The predicted octanol–water partition coefficient (Wildman–Crippen LogP) is 1.26. The molecule has 0 radical (unpaired) electrons. The number of likely N-dealkylation sites (tertiary alicyclic amines) is 2. The van der Waals surface area contributed by atoms with Crippen LogP contribution in [-0.4, -0.2) is 62.7 Å². The van der Waals surface area contributed by atoms with Gasteiger partial charge in [-0.15, -0.1) is 0 Å². The summed E-state index contributed by atoms with van der Waals surface area (Å²) in [6.45, 7) is 13.2. The van der Waals surface area contributed by atoms with Crippen molar-refractivity contribution in [3.8, 4) is 0 Å². The van der Waals surface area contributed by atoms with Crippen LogP contribution in [0.15, 0.2) is 0 Å². The lowest BCUT2D eigenvalue weighted by atomic mass is 9.81. The maximum Gasteiger partial charge on any atom is 0.00918 e. The molecule has 3 nitrogen and oxygen atoms in total. The Labute approximate surface area is 107 Å². The summed E-state index contributed by atoms with van der Waals surface area (Å²) in [7, 11) is 2.25. The van der Waals surface area contributed by atoms with E-state index in [1.165, 1.54) is 58.7 Å². The van der Waals surface area contributed by atoms with Crippen LogP contribution in [0.1, 0.15) is 26.7 Å². The summed E-state index contributed by atoms with van der Waals surface area (Å²) in [4.78, 5) is 5.19. The Bertz CT molecular complexity index is 238. The van der Waals surface area contributed by atoms with E-state index < -0.39 is 0 Å². The number of hydrogen-bond acceptors (Lipinski definition) is 3. The van der Waals surface area contributed by atoms with Gasteiger partial charge in [-0.1, -0.05) is 13.8 Å². The molecule has 100 valence electrons. The molecule has 0 saturated carbocycles. The fraction of sp³-hybridized carbons (Fsp3) is 1.00. The summed E-state index contributed by atoms with van der Waals surface area (Å²) < 4.78 is 0. The molecule has 1 unspecified atom stereocenters. The van der Waals surface area contributed by atoms with E-state index in [0.717, 1.165) is 5.92 Å². The third kappa shape index (κ3) is 3.01. The predicted molar refractivity (Wildman–Crippen MR) is 73.3 cm³/mol. The van der Waals surface area contributed by atoms with Crippen LogP contribution < -0.4 is 5.32 Å². The van der Waals surface area contributed by atoms with Gasteiger partial charge in [0, 0.05) is 38.1 Å². The number of nitrogens with zero attached hydrogens (tertiary/aromatic N) is 2. The van der Waals surface area contributed by atoms with E-state index >= 15 is 0 Å². The molecule has 0 amide bonds. The van der Waals surface area contributed by atoms with Crippen LogP contribution in [-0.2, 0) is 0 Å². The summed E-state index contributed by atoms with van der Waals surface area (Å²) in [6.07, 6.45) is 2.85. The second kappa shape index (κ2) is 5.68. The molecule has 0 aromatic carbocycles. The number of nitrogens with one attached hydrogen (secondary N) is 1. The SMILES string of the molecule is CC.CN1CCC(CN2CCC3(CNC3)C2)C1. The maximum atomic E-state index is 3.43. The van der Waals surface area contributed by atoms with Crippen molar-refractivity contribution in [1.82, 2.24) is 15.1 Å². The molecule has 3 aliphatic heterocycles. The molecule has 0 aliphatic carbocycles. The minimum absolute atomic E-state index is 0.685. The first-order valence-corrected chi connectivity index (χ1v) is 7.37. The first-order chi connectivity index (χ1) is 8.26. The van der Waals surface area contributed by atoms with Crippen molar-refractivity contribution in [2.24, 2.45) is 11.3 Å². The minimum Gasteiger partial charge on any atom is -0.315 e. The molecule has 0 aromatic heterocycles. The average Bonchev–Trinajstić information content (AvgIpc) is 2.88. The molecular weight excluding hydrogens is 210 g/mol. The average molecular weight is 239 g/mol. The van der Waals surface area contributed by atoms with E-state index in [1.807, 2.05) is 13.8 Å². The second-order valence-corrected chi connectivity index (χ2v) is 6.01. The highest BCUT2D eigenvalue weighted by Gasteiger charge is 2.43. The third-order valence-corrected chi connectivity index (χ3v) is 4.52. The highest BCUT2D eigenvalue weighted by Crippen LogP contribution is 2.34. The lowest BCUT2D eigenvalue weighted by Crippen LogP contribution is -2.54. The summed E-state index contributed by atoms with van der Waals surface area (Å²) >= 11 is 0. The number of hydrogen-bond donors (Lipinski definition) is 1. The van der Waals surface area contributed by atoms with Gasteiger partial charge in [0.1, 0.15) is 0 Å². The molecule has 0 aromatic rings. The van der Waals surface area contributed by atoms with Gasteiger partial charge < -0.3 is 15.1 Å². The maximum absolute atomic E-state index is 3.43. The van der Waals surface area contributed by atoms with E-state index in [9.17, 15) is 0 Å². The highest BCUT2D eigenvalue weighted by atomic mass is 15.2. The molecule has 3 aliphatic rings. The van der Waals surface area contributed by atoms with Crippen LogP contribution in [0.5, 0.6) is 0 Å². The van der Waals surface area contributed by atoms with Crippen molar-refractivity contribution in [2.75, 3.05) is 52.9 Å². The molecule has 3 fully saturated rings. The number of rotatable bonds is 2. The Morgan fingerprint density at radius 2 is 2.00 bits per heavy atom. The van der Waals surface area contributed by atoms with Gasteiger partial charge in [0.25, 0.3) is 0 Å². The quantitative estimate of drug-likeness (QED) is 0.783. The molecule has 3 heteroatoms. The Morgan fingerprint density at radius 3 is 2.47 bits per heavy atom. The van der Waals surface area contributed by atoms with E-state index in [4.69, 9.17) is 0 Å². The minimum atomic E-state index is 0.685. The van der Waals surface area contributed by atoms with Gasteiger partial charge in [0.15, 0.2) is 0 Å². The van der Waals surface area contributed by atoms with Crippen LogP contribution in [0, 0.1) is 11.3 Å². The van der Waals surface area contributed by atoms with Gasteiger partial charge in [-0.25, -0.2) is 0 Å². The summed E-state index contributed by atoms with van der Waals surface area (Å²) in [5, 5.41) is 3.43. The van der Waals surface area contributed by atoms with Crippen molar-refractivity contribution >= 4 is 0 Å². The first kappa shape index (κ1) is 13.3. The zero-order valence-corrected chi connectivity index (χ0v) is 11.8. The topological polar surface area (TPSA) is 18.5 Å². The molecule has 3 saturated heterocycles.